The molecule has 1 heterocycles. The van der Waals surface area contributed by atoms with Crippen molar-refractivity contribution in [2.75, 3.05) is 6.54 Å². The molecule has 2 heteroatoms. The van der Waals surface area contributed by atoms with Crippen molar-refractivity contribution in [2.45, 2.75) is 20.3 Å². The molecule has 0 aliphatic rings. The molecular formula is C16H19NS. The minimum atomic E-state index is 0.977. The Morgan fingerprint density at radius 2 is 1.89 bits per heavy atom. The summed E-state index contributed by atoms with van der Waals surface area (Å²) in [5.74, 6) is 0. The number of hydrogen-bond acceptors (Lipinski definition) is 2. The molecule has 1 aromatic heterocycles. The van der Waals surface area contributed by atoms with E-state index >= 15 is 0 Å². The highest BCUT2D eigenvalue weighted by atomic mass is 32.1. The van der Waals surface area contributed by atoms with Crippen LogP contribution in [0.15, 0.2) is 43.0 Å². The monoisotopic (exact) mass is 257 g/mol. The van der Waals surface area contributed by atoms with Crippen LogP contribution in [0.4, 0.5) is 0 Å². The summed E-state index contributed by atoms with van der Waals surface area (Å²) in [6, 6.07) is 12.9. The summed E-state index contributed by atoms with van der Waals surface area (Å²) in [5, 5.41) is 3.32. The van der Waals surface area contributed by atoms with Crippen molar-refractivity contribution in [3.05, 3.63) is 53.4 Å². The van der Waals surface area contributed by atoms with Crippen LogP contribution in [0.1, 0.15) is 23.8 Å². The lowest BCUT2D eigenvalue weighted by Gasteiger charge is -2.09. The number of hydrogen-bond donors (Lipinski definition) is 1. The molecule has 2 rings (SSSR count). The van der Waals surface area contributed by atoms with Crippen LogP contribution in [0.5, 0.6) is 0 Å². The van der Waals surface area contributed by atoms with Gasteiger partial charge in [-0.2, -0.15) is 0 Å². The first kappa shape index (κ1) is 12.9. The Kier molecular flexibility index (Phi) is 4.21. The molecule has 1 nitrogen and oxygen atoms in total. The van der Waals surface area contributed by atoms with Gasteiger partial charge in [-0.3, -0.25) is 0 Å². The molecule has 0 aliphatic heterocycles. The Hall–Kier alpha value is -1.54. The SMILES string of the molecule is C=C(NCCC)c1ccc(-c2ccc(C)s2)cc1. The molecule has 0 amide bonds. The molecule has 0 fully saturated rings. The van der Waals surface area contributed by atoms with E-state index in [1.807, 2.05) is 11.3 Å². The van der Waals surface area contributed by atoms with Crippen LogP contribution in [0.2, 0.25) is 0 Å². The van der Waals surface area contributed by atoms with Crippen molar-refractivity contribution in [2.24, 2.45) is 0 Å². The second-order valence-electron chi connectivity index (χ2n) is 4.39. The first-order valence-corrected chi connectivity index (χ1v) is 7.12. The van der Waals surface area contributed by atoms with Gasteiger partial charge in [-0.15, -0.1) is 11.3 Å². The zero-order chi connectivity index (χ0) is 13.0. The normalized spacial score (nSPS) is 10.3. The fraction of sp³-hybridized carbons (Fsp3) is 0.250. The molecule has 0 saturated heterocycles. The van der Waals surface area contributed by atoms with Gasteiger partial charge in [0.05, 0.1) is 0 Å². The van der Waals surface area contributed by atoms with Gasteiger partial charge in [-0.1, -0.05) is 37.8 Å². The molecule has 18 heavy (non-hydrogen) atoms. The maximum absolute atomic E-state index is 4.06. The van der Waals surface area contributed by atoms with E-state index in [1.54, 1.807) is 0 Å². The molecule has 0 radical (unpaired) electrons. The van der Waals surface area contributed by atoms with Gasteiger partial charge in [0.1, 0.15) is 0 Å². The van der Waals surface area contributed by atoms with Crippen molar-refractivity contribution in [3.8, 4) is 10.4 Å². The average Bonchev–Trinajstić information content (AvgIpc) is 2.83. The fourth-order valence-electron chi connectivity index (χ4n) is 1.80. The standard InChI is InChI=1S/C16H19NS/c1-4-11-17-13(3)14-6-8-15(9-7-14)16-10-5-12(2)18-16/h5-10,17H,3-4,11H2,1-2H3. The lowest BCUT2D eigenvalue weighted by Crippen LogP contribution is -2.11. The van der Waals surface area contributed by atoms with Crippen molar-refractivity contribution in [1.82, 2.24) is 5.32 Å². The molecular weight excluding hydrogens is 238 g/mol. The van der Waals surface area contributed by atoms with Gasteiger partial charge in [0.15, 0.2) is 0 Å². The molecule has 2 aromatic rings. The van der Waals surface area contributed by atoms with Gasteiger partial charge in [0.25, 0.3) is 0 Å². The van der Waals surface area contributed by atoms with E-state index in [2.05, 4.69) is 62.1 Å². The quantitative estimate of drug-likeness (QED) is 0.819. The van der Waals surface area contributed by atoms with E-state index in [-0.39, 0.29) is 0 Å². The predicted molar refractivity (Wildman–Crippen MR) is 81.8 cm³/mol. The molecule has 0 bridgehead atoms. The predicted octanol–water partition coefficient (Wildman–Crippen LogP) is 4.69. The average molecular weight is 257 g/mol. The van der Waals surface area contributed by atoms with E-state index in [0.717, 1.165) is 18.7 Å². The van der Waals surface area contributed by atoms with Gasteiger partial charge < -0.3 is 5.32 Å². The Labute approximate surface area is 113 Å². The maximum atomic E-state index is 4.06. The highest BCUT2D eigenvalue weighted by molar-refractivity contribution is 7.15. The molecule has 0 spiro atoms. The number of aryl methyl sites for hydroxylation is 1. The van der Waals surface area contributed by atoms with Gasteiger partial charge in [-0.25, -0.2) is 0 Å². The van der Waals surface area contributed by atoms with Crippen molar-refractivity contribution >= 4 is 17.0 Å². The molecule has 1 aromatic carbocycles. The van der Waals surface area contributed by atoms with E-state index in [1.165, 1.54) is 20.9 Å². The summed E-state index contributed by atoms with van der Waals surface area (Å²) in [7, 11) is 0. The zero-order valence-electron chi connectivity index (χ0n) is 11.0. The smallest absolute Gasteiger partial charge is 0.0345 e. The summed E-state index contributed by atoms with van der Waals surface area (Å²) in [6.07, 6.45) is 1.12. The maximum Gasteiger partial charge on any atom is 0.0345 e. The Bertz CT molecular complexity index is 522. The molecule has 94 valence electrons. The lowest BCUT2D eigenvalue weighted by molar-refractivity contribution is 0.825. The van der Waals surface area contributed by atoms with Crippen LogP contribution < -0.4 is 5.32 Å². The largest absolute Gasteiger partial charge is 0.385 e. The van der Waals surface area contributed by atoms with E-state index in [0.29, 0.717) is 0 Å². The van der Waals surface area contributed by atoms with Gasteiger partial charge in [0, 0.05) is 22.0 Å². The molecule has 0 aliphatic carbocycles. The number of nitrogens with one attached hydrogen (secondary N) is 1. The molecule has 0 unspecified atom stereocenters. The van der Waals surface area contributed by atoms with Gasteiger partial charge >= 0.3 is 0 Å². The summed E-state index contributed by atoms with van der Waals surface area (Å²) >= 11 is 1.83. The molecule has 0 saturated carbocycles. The fourth-order valence-corrected chi connectivity index (χ4v) is 2.68. The third-order valence-electron chi connectivity index (χ3n) is 2.85. The molecule has 1 N–H and O–H groups in total. The van der Waals surface area contributed by atoms with Crippen LogP contribution in [-0.4, -0.2) is 6.54 Å². The molecule has 0 atom stereocenters. The van der Waals surface area contributed by atoms with Gasteiger partial charge in [0.2, 0.25) is 0 Å². The summed E-state index contributed by atoms with van der Waals surface area (Å²) < 4.78 is 0. The second-order valence-corrected chi connectivity index (χ2v) is 5.68. The van der Waals surface area contributed by atoms with Crippen LogP contribution in [0, 0.1) is 6.92 Å². The highest BCUT2D eigenvalue weighted by Gasteiger charge is 2.02. The van der Waals surface area contributed by atoms with Crippen molar-refractivity contribution in [1.29, 1.82) is 0 Å². The summed E-state index contributed by atoms with van der Waals surface area (Å²) in [5.41, 5.74) is 3.45. The van der Waals surface area contributed by atoms with Crippen LogP contribution in [0.25, 0.3) is 16.1 Å². The minimum absolute atomic E-state index is 0.977. The Balaban J connectivity index is 2.12. The van der Waals surface area contributed by atoms with Crippen LogP contribution in [0.3, 0.4) is 0 Å². The lowest BCUT2D eigenvalue weighted by atomic mass is 10.1. The van der Waals surface area contributed by atoms with E-state index in [4.69, 9.17) is 0 Å². The number of rotatable bonds is 5. The number of thiophene rings is 1. The highest BCUT2D eigenvalue weighted by Crippen LogP contribution is 2.28. The minimum Gasteiger partial charge on any atom is -0.385 e. The van der Waals surface area contributed by atoms with Crippen molar-refractivity contribution < 1.29 is 0 Å². The van der Waals surface area contributed by atoms with Crippen LogP contribution >= 0.6 is 11.3 Å². The number of benzene rings is 1. The topological polar surface area (TPSA) is 12.0 Å². The first-order chi connectivity index (χ1) is 8.70. The van der Waals surface area contributed by atoms with Crippen molar-refractivity contribution in [3.63, 3.8) is 0 Å². The first-order valence-electron chi connectivity index (χ1n) is 6.30. The summed E-state index contributed by atoms with van der Waals surface area (Å²) in [4.78, 5) is 2.68. The van der Waals surface area contributed by atoms with E-state index < -0.39 is 0 Å². The Morgan fingerprint density at radius 3 is 2.44 bits per heavy atom. The third-order valence-corrected chi connectivity index (χ3v) is 3.90. The van der Waals surface area contributed by atoms with Gasteiger partial charge in [-0.05, 0) is 36.6 Å². The third kappa shape index (κ3) is 3.02. The van der Waals surface area contributed by atoms with Crippen LogP contribution in [-0.2, 0) is 0 Å². The Morgan fingerprint density at radius 1 is 1.17 bits per heavy atom. The second kappa shape index (κ2) is 5.87. The van der Waals surface area contributed by atoms with E-state index in [9.17, 15) is 0 Å². The summed E-state index contributed by atoms with van der Waals surface area (Å²) in [6.45, 7) is 9.33. The zero-order valence-corrected chi connectivity index (χ0v) is 11.8.